The van der Waals surface area contributed by atoms with Crippen LogP contribution in [0.25, 0.3) is 11.1 Å². The number of carbonyl (C=O) groups excluding carboxylic acids is 2. The van der Waals surface area contributed by atoms with Gasteiger partial charge in [0.05, 0.1) is 31.3 Å². The highest BCUT2D eigenvalue weighted by Crippen LogP contribution is 2.43. The summed E-state index contributed by atoms with van der Waals surface area (Å²) in [6, 6.07) is 21.2. The Morgan fingerprint density at radius 2 is 1.86 bits per heavy atom. The number of hydrogen-bond donors (Lipinski definition) is 1. The fraction of sp³-hybridized carbons (Fsp3) is 0.310. The molecule has 1 aromatic heterocycles. The van der Waals surface area contributed by atoms with E-state index in [1.54, 1.807) is 29.5 Å². The lowest BCUT2D eigenvalue weighted by Gasteiger charge is -2.20. The summed E-state index contributed by atoms with van der Waals surface area (Å²) in [6.07, 6.45) is 2.72. The number of aliphatic hydroxyl groups is 1. The first-order valence-electron chi connectivity index (χ1n) is 12.1. The SMILES string of the molecule is O=C1CC2C(CC(OC(=O)c3ccc(-c4ccccc4)cc3)C2C=CC(O)COCc2cccs2)O1. The first-order valence-corrected chi connectivity index (χ1v) is 13.0. The van der Waals surface area contributed by atoms with E-state index >= 15 is 0 Å². The van der Waals surface area contributed by atoms with Crippen LogP contribution in [0.2, 0.25) is 0 Å². The van der Waals surface area contributed by atoms with Gasteiger partial charge in [-0.15, -0.1) is 11.3 Å². The minimum absolute atomic E-state index is 0.0776. The maximum Gasteiger partial charge on any atom is 0.338 e. The molecule has 6 nitrogen and oxygen atoms in total. The molecule has 0 spiro atoms. The van der Waals surface area contributed by atoms with Gasteiger partial charge in [0.1, 0.15) is 12.2 Å². The second-order valence-corrected chi connectivity index (χ2v) is 10.2. The topological polar surface area (TPSA) is 82.1 Å². The zero-order chi connectivity index (χ0) is 24.9. The molecule has 1 saturated heterocycles. The summed E-state index contributed by atoms with van der Waals surface area (Å²) in [4.78, 5) is 25.9. The number of hydrogen-bond acceptors (Lipinski definition) is 7. The summed E-state index contributed by atoms with van der Waals surface area (Å²) in [6.45, 7) is 0.602. The van der Waals surface area contributed by atoms with Gasteiger partial charge >= 0.3 is 11.9 Å². The van der Waals surface area contributed by atoms with E-state index < -0.39 is 18.2 Å². The van der Waals surface area contributed by atoms with Crippen LogP contribution >= 0.6 is 11.3 Å². The molecule has 5 atom stereocenters. The normalized spacial score (nSPS) is 24.0. The van der Waals surface area contributed by atoms with Gasteiger partial charge in [-0.1, -0.05) is 60.7 Å². The van der Waals surface area contributed by atoms with Crippen molar-refractivity contribution in [2.24, 2.45) is 11.8 Å². The molecule has 0 bridgehead atoms. The minimum atomic E-state index is -0.802. The van der Waals surface area contributed by atoms with Crippen molar-refractivity contribution >= 4 is 23.3 Å². The Morgan fingerprint density at radius 1 is 1.08 bits per heavy atom. The Morgan fingerprint density at radius 3 is 2.61 bits per heavy atom. The summed E-state index contributed by atoms with van der Waals surface area (Å²) in [5, 5.41) is 12.4. The predicted octanol–water partition coefficient (Wildman–Crippen LogP) is 5.03. The third-order valence-corrected chi connectivity index (χ3v) is 7.56. The van der Waals surface area contributed by atoms with Crippen LogP contribution in [0.3, 0.4) is 0 Å². The summed E-state index contributed by atoms with van der Waals surface area (Å²) < 4.78 is 17.0. The van der Waals surface area contributed by atoms with Crippen LogP contribution in [-0.4, -0.2) is 42.0 Å². The van der Waals surface area contributed by atoms with E-state index in [9.17, 15) is 14.7 Å². The summed E-state index contributed by atoms with van der Waals surface area (Å²) in [7, 11) is 0. The van der Waals surface area contributed by atoms with E-state index in [2.05, 4.69) is 0 Å². The number of benzene rings is 2. The van der Waals surface area contributed by atoms with Gasteiger partial charge in [0, 0.05) is 23.1 Å². The van der Waals surface area contributed by atoms with Gasteiger partial charge in [-0.05, 0) is 34.7 Å². The van der Waals surface area contributed by atoms with Crippen LogP contribution in [-0.2, 0) is 25.6 Å². The van der Waals surface area contributed by atoms with E-state index in [0.717, 1.165) is 16.0 Å². The monoisotopic (exact) mass is 504 g/mol. The first kappa shape index (κ1) is 24.4. The molecular formula is C29H28O6S. The van der Waals surface area contributed by atoms with Crippen molar-refractivity contribution in [3.63, 3.8) is 0 Å². The van der Waals surface area contributed by atoms with Gasteiger partial charge in [0.15, 0.2) is 0 Å². The molecule has 1 aliphatic carbocycles. The average molecular weight is 505 g/mol. The molecule has 2 aromatic carbocycles. The zero-order valence-corrected chi connectivity index (χ0v) is 20.5. The van der Waals surface area contributed by atoms with Crippen LogP contribution < -0.4 is 0 Å². The quantitative estimate of drug-likeness (QED) is 0.325. The molecule has 1 N–H and O–H groups in total. The molecule has 1 aliphatic heterocycles. The predicted molar refractivity (Wildman–Crippen MR) is 136 cm³/mol. The van der Waals surface area contributed by atoms with Gasteiger partial charge in [-0.2, -0.15) is 0 Å². The Labute approximate surface area is 214 Å². The van der Waals surface area contributed by atoms with E-state index in [1.165, 1.54) is 0 Å². The van der Waals surface area contributed by atoms with Gasteiger partial charge in [-0.25, -0.2) is 4.79 Å². The van der Waals surface area contributed by atoms with Crippen LogP contribution in [0.4, 0.5) is 0 Å². The smallest absolute Gasteiger partial charge is 0.338 e. The molecule has 186 valence electrons. The van der Waals surface area contributed by atoms with Crippen LogP contribution in [0.1, 0.15) is 28.1 Å². The lowest BCUT2D eigenvalue weighted by Crippen LogP contribution is -2.25. The maximum atomic E-state index is 12.9. The Balaban J connectivity index is 1.22. The van der Waals surface area contributed by atoms with Crippen molar-refractivity contribution in [3.8, 4) is 11.1 Å². The number of carbonyl (C=O) groups is 2. The summed E-state index contributed by atoms with van der Waals surface area (Å²) >= 11 is 1.60. The highest BCUT2D eigenvalue weighted by atomic mass is 32.1. The standard InChI is InChI=1S/C29H28O6S/c30-22(17-33-18-23-7-4-14-36-23)12-13-24-25-15-28(31)34-27(25)16-26(24)35-29(32)21-10-8-20(9-11-21)19-5-2-1-3-6-19/h1-14,22,24-27,30H,15-18H2. The van der Waals surface area contributed by atoms with Gasteiger partial charge in [-0.3, -0.25) is 4.79 Å². The molecule has 36 heavy (non-hydrogen) atoms. The molecule has 7 heteroatoms. The molecule has 2 aliphatic rings. The molecule has 5 rings (SSSR count). The molecular weight excluding hydrogens is 476 g/mol. The number of thiophene rings is 1. The maximum absolute atomic E-state index is 12.9. The summed E-state index contributed by atoms with van der Waals surface area (Å²) in [5.41, 5.74) is 2.56. The van der Waals surface area contributed by atoms with Gasteiger partial charge < -0.3 is 19.3 Å². The molecule has 5 unspecified atom stereocenters. The lowest BCUT2D eigenvalue weighted by atomic mass is 9.91. The van der Waals surface area contributed by atoms with Crippen molar-refractivity contribution in [1.29, 1.82) is 0 Å². The molecule has 0 radical (unpaired) electrons. The van der Waals surface area contributed by atoms with Gasteiger partial charge in [0.25, 0.3) is 0 Å². The number of rotatable bonds is 9. The lowest BCUT2D eigenvalue weighted by molar-refractivity contribution is -0.141. The van der Waals surface area contributed by atoms with E-state index in [1.807, 2.05) is 66.1 Å². The van der Waals surface area contributed by atoms with Crippen molar-refractivity contribution in [3.05, 3.63) is 94.7 Å². The molecule has 3 aromatic rings. The molecule has 2 heterocycles. The number of ether oxygens (including phenoxy) is 3. The summed E-state index contributed by atoms with van der Waals surface area (Å²) in [5.74, 6) is -0.944. The van der Waals surface area contributed by atoms with Crippen molar-refractivity contribution < 1.29 is 28.9 Å². The van der Waals surface area contributed by atoms with E-state index in [4.69, 9.17) is 14.2 Å². The number of fused-ring (bicyclic) bond motifs is 1. The highest BCUT2D eigenvalue weighted by molar-refractivity contribution is 7.09. The fourth-order valence-corrected chi connectivity index (χ4v) is 5.55. The third-order valence-electron chi connectivity index (χ3n) is 6.71. The Hall–Kier alpha value is -3.26. The Kier molecular flexibility index (Phi) is 7.60. The van der Waals surface area contributed by atoms with E-state index in [-0.39, 0.29) is 36.9 Å². The minimum Gasteiger partial charge on any atom is -0.462 e. The largest absolute Gasteiger partial charge is 0.462 e. The van der Waals surface area contributed by atoms with Crippen molar-refractivity contribution in [1.82, 2.24) is 0 Å². The molecule has 0 amide bonds. The van der Waals surface area contributed by atoms with Crippen molar-refractivity contribution in [2.45, 2.75) is 37.8 Å². The van der Waals surface area contributed by atoms with Crippen LogP contribution in [0, 0.1) is 11.8 Å². The average Bonchev–Trinajstić information content (AvgIpc) is 3.60. The Bertz CT molecular complexity index is 1190. The number of esters is 2. The van der Waals surface area contributed by atoms with Crippen LogP contribution in [0.5, 0.6) is 0 Å². The fourth-order valence-electron chi connectivity index (χ4n) is 4.91. The third kappa shape index (κ3) is 5.75. The zero-order valence-electron chi connectivity index (χ0n) is 19.7. The second kappa shape index (κ2) is 11.2. The van der Waals surface area contributed by atoms with Gasteiger partial charge in [0.2, 0.25) is 0 Å². The highest BCUT2D eigenvalue weighted by Gasteiger charge is 2.50. The molecule has 2 fully saturated rings. The molecule has 1 saturated carbocycles. The van der Waals surface area contributed by atoms with E-state index in [0.29, 0.717) is 18.6 Å². The second-order valence-electron chi connectivity index (χ2n) is 9.14. The number of aliphatic hydroxyl groups excluding tert-OH is 1. The van der Waals surface area contributed by atoms with Crippen LogP contribution in [0.15, 0.2) is 84.3 Å². The first-order chi connectivity index (χ1) is 17.6. The van der Waals surface area contributed by atoms with Crippen molar-refractivity contribution in [2.75, 3.05) is 6.61 Å².